The molecule has 1 heterocycles. The third-order valence-corrected chi connectivity index (χ3v) is 6.27. The lowest BCUT2D eigenvalue weighted by Crippen LogP contribution is -2.36. The highest BCUT2D eigenvalue weighted by atomic mass is 32.2. The van der Waals surface area contributed by atoms with Crippen molar-refractivity contribution in [2.45, 2.75) is 58.0 Å². The van der Waals surface area contributed by atoms with Crippen molar-refractivity contribution in [2.75, 3.05) is 25.4 Å². The van der Waals surface area contributed by atoms with Gasteiger partial charge in [-0.15, -0.1) is 0 Å². The van der Waals surface area contributed by atoms with Gasteiger partial charge < -0.3 is 20.3 Å². The minimum absolute atomic E-state index is 0.0530. The van der Waals surface area contributed by atoms with Crippen LogP contribution in [0.5, 0.6) is 5.75 Å². The number of aliphatic hydroxyl groups excluding tert-OH is 1. The average Bonchev–Trinajstić information content (AvgIpc) is 2.96. The average molecular weight is 462 g/mol. The van der Waals surface area contributed by atoms with Crippen molar-refractivity contribution in [3.8, 4) is 5.75 Å². The maximum atomic E-state index is 14.0. The summed E-state index contributed by atoms with van der Waals surface area (Å²) < 4.78 is 46.6. The van der Waals surface area contributed by atoms with E-state index in [1.807, 2.05) is 0 Å². The molecule has 11 heteroatoms. The fourth-order valence-electron chi connectivity index (χ4n) is 3.09. The Balaban J connectivity index is 1.80. The molecule has 2 rings (SSSR count). The molecule has 4 N–H and O–H groups in total. The number of ether oxygens (including phenoxy) is 1. The minimum Gasteiger partial charge on any atom is -0.488 e. The van der Waals surface area contributed by atoms with E-state index < -0.39 is 33.8 Å². The molecule has 1 aliphatic rings. The number of amides is 1. The zero-order valence-electron chi connectivity index (χ0n) is 18.1. The summed E-state index contributed by atoms with van der Waals surface area (Å²) in [4.78, 5) is 12.8. The monoisotopic (exact) mass is 461 g/mol. The highest BCUT2D eigenvalue weighted by Gasteiger charge is 2.27. The largest absolute Gasteiger partial charge is 0.488 e. The number of sulfonamides is 1. The molecule has 1 aromatic carbocycles. The van der Waals surface area contributed by atoms with Gasteiger partial charge in [-0.25, -0.2) is 17.5 Å². The molecular weight excluding hydrogens is 429 g/mol. The standard InChI is InChI=1S/C20H32FN3O6S/c1-14(15-7-8-16(21)17(11-15)30-13-20(2,3)27)23-31(28,29)10-6-4-5-9-24-12-18(25)22-19(24)26/h7-8,11,14,19,23,26-27H,4-6,9-10,12-13H2,1-3H3,(H,22,25)/t14-,19?/m1/s1. The number of halogens is 1. The van der Waals surface area contributed by atoms with E-state index in [9.17, 15) is 27.8 Å². The molecular formula is C20H32FN3O6S. The summed E-state index contributed by atoms with van der Waals surface area (Å²) in [6, 6.07) is 3.51. The van der Waals surface area contributed by atoms with Gasteiger partial charge in [0.1, 0.15) is 6.61 Å². The second-order valence-electron chi connectivity index (χ2n) is 8.42. The summed E-state index contributed by atoms with van der Waals surface area (Å²) in [5.74, 6) is -0.950. The number of rotatable bonds is 12. The molecule has 176 valence electrons. The first-order valence-electron chi connectivity index (χ1n) is 10.2. The SMILES string of the molecule is C[C@@H](NS(=O)(=O)CCCCCN1CC(=O)NC1O)c1ccc(F)c(OCC(C)(C)O)c1. The topological polar surface area (TPSA) is 128 Å². The molecule has 1 saturated heterocycles. The van der Waals surface area contributed by atoms with Crippen molar-refractivity contribution in [2.24, 2.45) is 0 Å². The van der Waals surface area contributed by atoms with E-state index in [1.165, 1.54) is 32.0 Å². The second-order valence-corrected chi connectivity index (χ2v) is 10.3. The van der Waals surface area contributed by atoms with Gasteiger partial charge in [0.2, 0.25) is 15.9 Å². The summed E-state index contributed by atoms with van der Waals surface area (Å²) in [5.41, 5.74) is -0.593. The lowest BCUT2D eigenvalue weighted by atomic mass is 10.1. The molecule has 0 aliphatic carbocycles. The molecule has 1 fully saturated rings. The molecule has 0 saturated carbocycles. The number of benzene rings is 1. The van der Waals surface area contributed by atoms with Gasteiger partial charge >= 0.3 is 0 Å². The molecule has 0 bridgehead atoms. The molecule has 1 aliphatic heterocycles. The lowest BCUT2D eigenvalue weighted by Gasteiger charge is -2.20. The van der Waals surface area contributed by atoms with Crippen LogP contribution in [0.1, 0.15) is 51.6 Å². The number of aliphatic hydroxyl groups is 2. The molecule has 0 radical (unpaired) electrons. The molecule has 2 atom stereocenters. The van der Waals surface area contributed by atoms with Gasteiger partial charge in [-0.05, 0) is 51.3 Å². The molecule has 1 amide bonds. The van der Waals surface area contributed by atoms with E-state index in [1.54, 1.807) is 11.8 Å². The zero-order chi connectivity index (χ0) is 23.2. The summed E-state index contributed by atoms with van der Waals surface area (Å²) in [7, 11) is -3.56. The zero-order valence-corrected chi connectivity index (χ0v) is 18.9. The first-order chi connectivity index (χ1) is 14.4. The van der Waals surface area contributed by atoms with E-state index in [2.05, 4.69) is 10.0 Å². The molecule has 0 aromatic heterocycles. The van der Waals surface area contributed by atoms with Crippen LogP contribution in [0.15, 0.2) is 18.2 Å². The normalized spacial score (nSPS) is 18.8. The minimum atomic E-state index is -3.56. The first-order valence-corrected chi connectivity index (χ1v) is 11.9. The Morgan fingerprint density at radius 2 is 2.06 bits per heavy atom. The molecule has 9 nitrogen and oxygen atoms in total. The first kappa shape index (κ1) is 25.5. The van der Waals surface area contributed by atoms with E-state index in [0.717, 1.165) is 0 Å². The number of nitrogens with zero attached hydrogens (tertiary/aromatic N) is 1. The third kappa shape index (κ3) is 8.69. The quantitative estimate of drug-likeness (QED) is 0.340. The molecule has 0 spiro atoms. The van der Waals surface area contributed by atoms with Crippen molar-refractivity contribution < 1.29 is 32.6 Å². The maximum absolute atomic E-state index is 14.0. The number of hydrogen-bond acceptors (Lipinski definition) is 7. The highest BCUT2D eigenvalue weighted by molar-refractivity contribution is 7.89. The van der Waals surface area contributed by atoms with E-state index in [-0.39, 0.29) is 30.6 Å². The highest BCUT2D eigenvalue weighted by Crippen LogP contribution is 2.24. The van der Waals surface area contributed by atoms with Gasteiger partial charge in [-0.3, -0.25) is 9.69 Å². The fraction of sp³-hybridized carbons (Fsp3) is 0.650. The van der Waals surface area contributed by atoms with Crippen LogP contribution in [0, 0.1) is 5.82 Å². The van der Waals surface area contributed by atoms with Gasteiger partial charge in [0.05, 0.1) is 17.9 Å². The number of nitrogens with one attached hydrogen (secondary N) is 2. The van der Waals surface area contributed by atoms with Crippen LogP contribution in [-0.4, -0.2) is 66.8 Å². The molecule has 1 aromatic rings. The Morgan fingerprint density at radius 1 is 1.35 bits per heavy atom. The van der Waals surface area contributed by atoms with E-state index in [4.69, 9.17) is 4.74 Å². The Kier molecular flexibility index (Phi) is 8.78. The Morgan fingerprint density at radius 3 is 2.68 bits per heavy atom. The van der Waals surface area contributed by atoms with Crippen LogP contribution in [-0.2, 0) is 14.8 Å². The molecule has 31 heavy (non-hydrogen) atoms. The smallest absolute Gasteiger partial charge is 0.237 e. The predicted molar refractivity (Wildman–Crippen MR) is 113 cm³/mol. The summed E-state index contributed by atoms with van der Waals surface area (Å²) >= 11 is 0. The Hall–Kier alpha value is -1.79. The Labute approximate surface area is 182 Å². The third-order valence-electron chi connectivity index (χ3n) is 4.73. The summed E-state index contributed by atoms with van der Waals surface area (Å²) in [5, 5.41) is 21.7. The van der Waals surface area contributed by atoms with Crippen molar-refractivity contribution in [3.05, 3.63) is 29.6 Å². The number of hydrogen-bond donors (Lipinski definition) is 4. The summed E-state index contributed by atoms with van der Waals surface area (Å²) in [6.07, 6.45) is 0.720. The van der Waals surface area contributed by atoms with Crippen LogP contribution in [0.25, 0.3) is 0 Å². The van der Waals surface area contributed by atoms with Crippen molar-refractivity contribution in [1.29, 1.82) is 0 Å². The van der Waals surface area contributed by atoms with Gasteiger partial charge in [0.15, 0.2) is 17.9 Å². The van der Waals surface area contributed by atoms with Crippen LogP contribution < -0.4 is 14.8 Å². The number of carbonyl (C=O) groups is 1. The van der Waals surface area contributed by atoms with Crippen molar-refractivity contribution in [3.63, 3.8) is 0 Å². The Bertz CT molecular complexity index is 859. The van der Waals surface area contributed by atoms with E-state index in [0.29, 0.717) is 31.4 Å². The van der Waals surface area contributed by atoms with Gasteiger partial charge in [-0.2, -0.15) is 0 Å². The van der Waals surface area contributed by atoms with Crippen LogP contribution in [0.2, 0.25) is 0 Å². The number of unbranched alkanes of at least 4 members (excludes halogenated alkanes) is 2. The maximum Gasteiger partial charge on any atom is 0.237 e. The van der Waals surface area contributed by atoms with Crippen molar-refractivity contribution >= 4 is 15.9 Å². The fourth-order valence-corrected chi connectivity index (χ4v) is 4.46. The van der Waals surface area contributed by atoms with Crippen LogP contribution in [0.4, 0.5) is 4.39 Å². The molecule has 1 unspecified atom stereocenters. The summed E-state index contributed by atoms with van der Waals surface area (Å²) in [6.45, 7) is 5.25. The number of carbonyl (C=O) groups excluding carboxylic acids is 1. The van der Waals surface area contributed by atoms with Crippen molar-refractivity contribution in [1.82, 2.24) is 14.9 Å². The predicted octanol–water partition coefficient (Wildman–Crippen LogP) is 0.834. The lowest BCUT2D eigenvalue weighted by molar-refractivity contribution is -0.119. The van der Waals surface area contributed by atoms with Crippen LogP contribution >= 0.6 is 0 Å². The van der Waals surface area contributed by atoms with Crippen LogP contribution in [0.3, 0.4) is 0 Å². The van der Waals surface area contributed by atoms with Gasteiger partial charge in [0.25, 0.3) is 0 Å². The second kappa shape index (κ2) is 10.7. The van der Waals surface area contributed by atoms with E-state index >= 15 is 0 Å². The van der Waals surface area contributed by atoms with Gasteiger partial charge in [-0.1, -0.05) is 12.5 Å². The van der Waals surface area contributed by atoms with Gasteiger partial charge in [0, 0.05) is 12.6 Å².